The van der Waals surface area contributed by atoms with Crippen LogP contribution in [-0.2, 0) is 25.4 Å². The van der Waals surface area contributed by atoms with Gasteiger partial charge in [0.25, 0.3) is 0 Å². The molecule has 0 amide bonds. The first kappa shape index (κ1) is 22.6. The van der Waals surface area contributed by atoms with Gasteiger partial charge in [0.05, 0.1) is 0 Å². The Morgan fingerprint density at radius 3 is 1.57 bits per heavy atom. The average molecular weight is 345 g/mol. The number of halogens is 5. The molecule has 103 valence electrons. The Morgan fingerprint density at radius 2 is 1.29 bits per heavy atom. The molecule has 0 aromatic heterocycles. The quantitative estimate of drug-likeness (QED) is 0.412. The van der Waals surface area contributed by atoms with Crippen molar-refractivity contribution in [2.24, 2.45) is 0 Å². The summed E-state index contributed by atoms with van der Waals surface area (Å²) in [6.45, 7) is 0. The van der Waals surface area contributed by atoms with Crippen LogP contribution >= 0.6 is 0 Å². The molecule has 0 saturated heterocycles. The van der Waals surface area contributed by atoms with Crippen molar-refractivity contribution in [2.75, 3.05) is 0 Å². The van der Waals surface area contributed by atoms with Crippen molar-refractivity contribution in [3.63, 3.8) is 0 Å². The molecule has 0 nitrogen and oxygen atoms in total. The summed E-state index contributed by atoms with van der Waals surface area (Å²) in [6.07, 6.45) is -5.56. The summed E-state index contributed by atoms with van der Waals surface area (Å²) in [5.74, 6) is -4.83. The van der Waals surface area contributed by atoms with Gasteiger partial charge in [-0.25, -0.2) is 0 Å². The van der Waals surface area contributed by atoms with E-state index in [0.717, 1.165) is 12.1 Å². The topological polar surface area (TPSA) is 0 Å². The van der Waals surface area contributed by atoms with Crippen LogP contribution in [0.1, 0.15) is 5.56 Å². The second kappa shape index (κ2) is 10.1. The van der Waals surface area contributed by atoms with Crippen LogP contribution in [-0.4, -0.2) is 25.0 Å². The van der Waals surface area contributed by atoms with Crippen LogP contribution in [0.3, 0.4) is 0 Å². The molecule has 7 heteroatoms. The smallest absolute Gasteiger partial charge is 0.193 e. The third-order valence-corrected chi connectivity index (χ3v) is 2.01. The first-order valence-electron chi connectivity index (χ1n) is 5.18. The molecule has 2 rings (SSSR count). The van der Waals surface area contributed by atoms with Gasteiger partial charge < -0.3 is 0 Å². The SMILES string of the molecule is FC(F)(F)C(F)(F)c1[c-]cccc1.[Li].[Zn+2].[c-]1ccccc1. The van der Waals surface area contributed by atoms with Crippen molar-refractivity contribution in [1.82, 2.24) is 0 Å². The van der Waals surface area contributed by atoms with E-state index in [2.05, 4.69) is 6.07 Å². The summed E-state index contributed by atoms with van der Waals surface area (Å²) in [6, 6.07) is 18.5. The van der Waals surface area contributed by atoms with E-state index >= 15 is 0 Å². The fourth-order valence-corrected chi connectivity index (χ4v) is 1.08. The van der Waals surface area contributed by atoms with Crippen molar-refractivity contribution >= 4 is 18.9 Å². The third kappa shape index (κ3) is 7.22. The van der Waals surface area contributed by atoms with Gasteiger partial charge in [0.1, 0.15) is 0 Å². The molecule has 0 fully saturated rings. The molecule has 0 aliphatic heterocycles. The molecule has 0 bridgehead atoms. The fraction of sp³-hybridized carbons (Fsp3) is 0.143. The standard InChI is InChI=1S/C8H4F5.C6H5.Li.Zn/c9-7(10,8(11,12)13)6-4-2-1-3-5-6;1-2-4-6-5-3-1;;/h1-4H;1-5H;;/q2*-1;;+2. The van der Waals surface area contributed by atoms with Crippen LogP contribution in [0.25, 0.3) is 0 Å². The number of benzene rings is 2. The molecule has 0 aliphatic carbocycles. The molecule has 0 unspecified atom stereocenters. The Bertz CT molecular complexity index is 447. The second-order valence-electron chi connectivity index (χ2n) is 3.43. The largest absolute Gasteiger partial charge is 2.00 e. The summed E-state index contributed by atoms with van der Waals surface area (Å²) in [5.41, 5.74) is -1.16. The van der Waals surface area contributed by atoms with Crippen molar-refractivity contribution in [1.29, 1.82) is 0 Å². The van der Waals surface area contributed by atoms with Gasteiger partial charge in [0, 0.05) is 18.9 Å². The first-order chi connectivity index (χ1) is 8.86. The Morgan fingerprint density at radius 1 is 0.762 bits per heavy atom. The number of rotatable bonds is 1. The zero-order chi connectivity index (χ0) is 14.4. The molecule has 0 saturated carbocycles. The summed E-state index contributed by atoms with van der Waals surface area (Å²) < 4.78 is 60.3. The average Bonchev–Trinajstić information content (AvgIpc) is 2.41. The van der Waals surface area contributed by atoms with Gasteiger partial charge in [-0.3, -0.25) is 0 Å². The predicted molar refractivity (Wildman–Crippen MR) is 66.3 cm³/mol. The van der Waals surface area contributed by atoms with Gasteiger partial charge in [-0.2, -0.15) is 88.7 Å². The van der Waals surface area contributed by atoms with Crippen LogP contribution in [0.15, 0.2) is 54.6 Å². The maximum Gasteiger partial charge on any atom is 2.00 e. The second-order valence-corrected chi connectivity index (χ2v) is 3.43. The molecular weight excluding hydrogens is 335 g/mol. The molecule has 2 aromatic rings. The van der Waals surface area contributed by atoms with E-state index in [1.807, 2.05) is 36.4 Å². The maximum atomic E-state index is 12.5. The van der Waals surface area contributed by atoms with E-state index < -0.39 is 17.7 Å². The molecule has 1 radical (unpaired) electrons. The third-order valence-electron chi connectivity index (χ3n) is 2.01. The number of alkyl halides is 5. The Balaban J connectivity index is 0. The Kier molecular flexibility index (Phi) is 10.9. The van der Waals surface area contributed by atoms with E-state index in [1.165, 1.54) is 6.07 Å². The summed E-state index contributed by atoms with van der Waals surface area (Å²) in [4.78, 5) is 0. The van der Waals surface area contributed by atoms with Crippen LogP contribution < -0.4 is 0 Å². The van der Waals surface area contributed by atoms with Gasteiger partial charge in [-0.15, -0.1) is 0 Å². The normalized spacial score (nSPS) is 10.3. The van der Waals surface area contributed by atoms with E-state index in [4.69, 9.17) is 0 Å². The van der Waals surface area contributed by atoms with Gasteiger partial charge in [0.2, 0.25) is 0 Å². The van der Waals surface area contributed by atoms with E-state index in [-0.39, 0.29) is 38.3 Å². The van der Waals surface area contributed by atoms with Gasteiger partial charge in [-0.1, -0.05) is 5.56 Å². The van der Waals surface area contributed by atoms with Gasteiger partial charge >= 0.3 is 31.6 Å². The van der Waals surface area contributed by atoms with Crippen LogP contribution in [0.5, 0.6) is 0 Å². The van der Waals surface area contributed by atoms with Crippen LogP contribution in [0.4, 0.5) is 22.0 Å². The molecule has 0 spiro atoms. The minimum atomic E-state index is -5.56. The predicted octanol–water partition coefficient (Wildman–Crippen LogP) is 4.24. The van der Waals surface area contributed by atoms with Crippen LogP contribution in [0, 0.1) is 12.1 Å². The Hall–Kier alpha value is -0.689. The van der Waals surface area contributed by atoms with E-state index in [9.17, 15) is 22.0 Å². The van der Waals surface area contributed by atoms with Crippen molar-refractivity contribution < 1.29 is 41.4 Å². The van der Waals surface area contributed by atoms with E-state index in [1.54, 1.807) is 0 Å². The zero-order valence-corrected chi connectivity index (χ0v) is 14.3. The number of hydrogen-bond acceptors (Lipinski definition) is 0. The van der Waals surface area contributed by atoms with Gasteiger partial charge in [0.15, 0.2) is 0 Å². The minimum Gasteiger partial charge on any atom is -0.193 e. The van der Waals surface area contributed by atoms with E-state index in [0.29, 0.717) is 6.07 Å². The molecular formula is C14H9F5LiZn. The molecule has 2 aromatic carbocycles. The zero-order valence-electron chi connectivity index (χ0n) is 11.3. The molecule has 0 aliphatic rings. The Labute approximate surface area is 144 Å². The molecule has 21 heavy (non-hydrogen) atoms. The van der Waals surface area contributed by atoms with Gasteiger partial charge in [-0.05, 0) is 0 Å². The number of hydrogen-bond donors (Lipinski definition) is 0. The monoisotopic (exact) mass is 343 g/mol. The van der Waals surface area contributed by atoms with Crippen molar-refractivity contribution in [3.05, 3.63) is 72.3 Å². The van der Waals surface area contributed by atoms with Crippen molar-refractivity contribution in [2.45, 2.75) is 12.1 Å². The maximum absolute atomic E-state index is 12.5. The summed E-state index contributed by atoms with van der Waals surface area (Å²) >= 11 is 0. The summed E-state index contributed by atoms with van der Waals surface area (Å²) in [5, 5.41) is 0. The molecule has 0 N–H and O–H groups in total. The molecule has 0 atom stereocenters. The minimum absolute atomic E-state index is 0. The van der Waals surface area contributed by atoms with Crippen LogP contribution in [0.2, 0.25) is 0 Å². The first-order valence-corrected chi connectivity index (χ1v) is 5.18. The fourth-order valence-electron chi connectivity index (χ4n) is 1.08. The van der Waals surface area contributed by atoms with Crippen molar-refractivity contribution in [3.8, 4) is 0 Å². The summed E-state index contributed by atoms with van der Waals surface area (Å²) in [7, 11) is 0. The molecule has 0 heterocycles.